The van der Waals surface area contributed by atoms with Crippen molar-refractivity contribution < 1.29 is 9.13 Å². The number of fused-ring (bicyclic) bond motifs is 1. The number of methoxy groups -OCH3 is 1. The Morgan fingerprint density at radius 1 is 1.24 bits per heavy atom. The molecular weight excluding hydrogens is 316 g/mol. The first-order valence-electron chi connectivity index (χ1n) is 5.98. The Kier molecular flexibility index (Phi) is 3.39. The number of hydrogen-bond acceptors (Lipinski definition) is 3. The van der Waals surface area contributed by atoms with Crippen LogP contribution in [-0.2, 0) is 0 Å². The van der Waals surface area contributed by atoms with E-state index in [0.29, 0.717) is 22.5 Å². The number of rotatable bonds is 2. The predicted octanol–water partition coefficient (Wildman–Crippen LogP) is 4.06. The lowest BCUT2D eigenvalue weighted by molar-refractivity contribution is 0.419. The van der Waals surface area contributed by atoms with Gasteiger partial charge in [-0.25, -0.2) is 9.37 Å². The summed E-state index contributed by atoms with van der Waals surface area (Å²) in [6.07, 6.45) is 0. The molecule has 0 saturated carbocycles. The van der Waals surface area contributed by atoms with E-state index in [-0.39, 0.29) is 16.0 Å². The monoisotopic (exact) mass is 325 g/mol. The van der Waals surface area contributed by atoms with Crippen molar-refractivity contribution in [1.29, 1.82) is 0 Å². The molecule has 0 aliphatic carbocycles. The van der Waals surface area contributed by atoms with Gasteiger partial charge in [-0.05, 0) is 24.3 Å². The van der Waals surface area contributed by atoms with Gasteiger partial charge in [-0.15, -0.1) is 0 Å². The topological polar surface area (TPSA) is 53.1 Å². The lowest BCUT2D eigenvalue weighted by Crippen LogP contribution is -2.01. The van der Waals surface area contributed by atoms with E-state index in [1.54, 1.807) is 17.7 Å². The lowest BCUT2D eigenvalue weighted by atomic mass is 10.2. The van der Waals surface area contributed by atoms with Crippen molar-refractivity contribution in [2.45, 2.75) is 0 Å². The highest BCUT2D eigenvalue weighted by Gasteiger charge is 2.16. The van der Waals surface area contributed by atoms with Gasteiger partial charge in [0.25, 0.3) is 0 Å². The molecule has 1 heterocycles. The molecule has 4 nitrogen and oxygen atoms in total. The second kappa shape index (κ2) is 5.09. The third-order valence-corrected chi connectivity index (χ3v) is 3.67. The van der Waals surface area contributed by atoms with E-state index in [9.17, 15) is 4.39 Å². The molecule has 3 rings (SSSR count). The minimum absolute atomic E-state index is 0.0818. The number of nitrogen functional groups attached to an aromatic ring is 1. The second-order valence-corrected chi connectivity index (χ2v) is 5.17. The van der Waals surface area contributed by atoms with Gasteiger partial charge in [-0.3, -0.25) is 4.57 Å². The van der Waals surface area contributed by atoms with E-state index in [0.717, 1.165) is 0 Å². The first-order valence-corrected chi connectivity index (χ1v) is 6.74. The van der Waals surface area contributed by atoms with Crippen molar-refractivity contribution >= 4 is 40.2 Å². The van der Waals surface area contributed by atoms with Gasteiger partial charge in [0.05, 0.1) is 28.4 Å². The number of anilines is 1. The van der Waals surface area contributed by atoms with Crippen molar-refractivity contribution in [3.8, 4) is 11.4 Å². The average molecular weight is 326 g/mol. The normalized spacial score (nSPS) is 11.0. The highest BCUT2D eigenvalue weighted by atomic mass is 35.5. The van der Waals surface area contributed by atoms with Crippen LogP contribution in [0.1, 0.15) is 0 Å². The predicted molar refractivity (Wildman–Crippen MR) is 82.0 cm³/mol. The van der Waals surface area contributed by atoms with Crippen molar-refractivity contribution in [3.63, 3.8) is 0 Å². The number of aromatic nitrogens is 2. The van der Waals surface area contributed by atoms with Crippen molar-refractivity contribution in [2.24, 2.45) is 0 Å². The summed E-state index contributed by atoms with van der Waals surface area (Å²) in [7, 11) is 1.55. The Labute approximate surface area is 129 Å². The Bertz CT molecular complexity index is 825. The molecule has 0 spiro atoms. The van der Waals surface area contributed by atoms with Crippen LogP contribution in [0.2, 0.25) is 10.0 Å². The molecular formula is C14H10Cl2FN3O. The van der Waals surface area contributed by atoms with Gasteiger partial charge < -0.3 is 10.5 Å². The third kappa shape index (κ3) is 2.18. The van der Waals surface area contributed by atoms with Crippen LogP contribution in [-0.4, -0.2) is 16.7 Å². The van der Waals surface area contributed by atoms with Crippen LogP contribution in [0.3, 0.4) is 0 Å². The van der Waals surface area contributed by atoms with Crippen LogP contribution in [0.25, 0.3) is 16.7 Å². The summed E-state index contributed by atoms with van der Waals surface area (Å²) in [6, 6.07) is 8.31. The first kappa shape index (κ1) is 14.0. The van der Waals surface area contributed by atoms with Gasteiger partial charge in [-0.2, -0.15) is 0 Å². The summed E-state index contributed by atoms with van der Waals surface area (Å²) in [5.74, 6) is 0.160. The maximum absolute atomic E-state index is 13.5. The molecule has 1 aromatic heterocycles. The van der Waals surface area contributed by atoms with Gasteiger partial charge in [-0.1, -0.05) is 29.3 Å². The Morgan fingerprint density at radius 3 is 2.52 bits per heavy atom. The quantitative estimate of drug-likeness (QED) is 0.723. The zero-order chi connectivity index (χ0) is 15.1. The molecule has 21 heavy (non-hydrogen) atoms. The largest absolute Gasteiger partial charge is 0.494 e. The minimum Gasteiger partial charge on any atom is -0.494 e. The SMILES string of the molecule is COc1cccc2c1nc(N)n2-c1cc(Cl)c(F)c(Cl)c1. The molecule has 2 N–H and O–H groups in total. The highest BCUT2D eigenvalue weighted by molar-refractivity contribution is 6.35. The zero-order valence-electron chi connectivity index (χ0n) is 10.9. The lowest BCUT2D eigenvalue weighted by Gasteiger charge is -2.09. The van der Waals surface area contributed by atoms with Crippen LogP contribution in [0.4, 0.5) is 10.3 Å². The number of nitrogens with zero attached hydrogens (tertiary/aromatic N) is 2. The minimum atomic E-state index is -0.664. The van der Waals surface area contributed by atoms with Crippen molar-refractivity contribution in [2.75, 3.05) is 12.8 Å². The summed E-state index contributed by atoms with van der Waals surface area (Å²) in [5.41, 5.74) is 7.81. The van der Waals surface area contributed by atoms with Gasteiger partial charge in [0.2, 0.25) is 5.95 Å². The van der Waals surface area contributed by atoms with E-state index in [1.807, 2.05) is 12.1 Å². The van der Waals surface area contributed by atoms with Crippen LogP contribution >= 0.6 is 23.2 Å². The number of halogens is 3. The maximum Gasteiger partial charge on any atom is 0.206 e. The number of para-hydroxylation sites is 1. The first-order chi connectivity index (χ1) is 10.0. The van der Waals surface area contributed by atoms with E-state index in [1.165, 1.54) is 12.1 Å². The fourth-order valence-corrected chi connectivity index (χ4v) is 2.67. The van der Waals surface area contributed by atoms with Crippen LogP contribution in [0.15, 0.2) is 30.3 Å². The molecule has 0 amide bonds. The molecule has 108 valence electrons. The standard InChI is InChI=1S/C14H10Cl2FN3O/c1-21-11-4-2-3-10-13(11)19-14(18)20(10)7-5-8(15)12(17)9(16)6-7/h2-6H,1H3,(H2,18,19). The maximum atomic E-state index is 13.5. The molecule has 0 fully saturated rings. The molecule has 0 saturated heterocycles. The Morgan fingerprint density at radius 2 is 1.90 bits per heavy atom. The number of imidazole rings is 1. The molecule has 2 aromatic carbocycles. The van der Waals surface area contributed by atoms with Gasteiger partial charge >= 0.3 is 0 Å². The molecule has 0 atom stereocenters. The van der Waals surface area contributed by atoms with E-state index < -0.39 is 5.82 Å². The number of nitrogens with two attached hydrogens (primary N) is 1. The summed E-state index contributed by atoms with van der Waals surface area (Å²) < 4.78 is 20.4. The molecule has 0 aliphatic heterocycles. The molecule has 0 radical (unpaired) electrons. The molecule has 0 aliphatic rings. The Hall–Kier alpha value is -1.98. The highest BCUT2D eigenvalue weighted by Crippen LogP contribution is 2.32. The van der Waals surface area contributed by atoms with E-state index in [2.05, 4.69) is 4.98 Å². The van der Waals surface area contributed by atoms with Gasteiger partial charge in [0.15, 0.2) is 5.82 Å². The van der Waals surface area contributed by atoms with Crippen LogP contribution < -0.4 is 10.5 Å². The third-order valence-electron chi connectivity index (χ3n) is 3.12. The smallest absolute Gasteiger partial charge is 0.206 e. The fraction of sp³-hybridized carbons (Fsp3) is 0.0714. The second-order valence-electron chi connectivity index (χ2n) is 4.36. The molecule has 0 unspecified atom stereocenters. The molecule has 0 bridgehead atoms. The summed E-state index contributed by atoms with van der Waals surface area (Å²) >= 11 is 11.7. The summed E-state index contributed by atoms with van der Waals surface area (Å²) in [4.78, 5) is 4.28. The van der Waals surface area contributed by atoms with Gasteiger partial charge in [0.1, 0.15) is 11.3 Å². The van der Waals surface area contributed by atoms with Crippen molar-refractivity contribution in [3.05, 3.63) is 46.2 Å². The number of hydrogen-bond donors (Lipinski definition) is 1. The van der Waals surface area contributed by atoms with Crippen molar-refractivity contribution in [1.82, 2.24) is 9.55 Å². The zero-order valence-corrected chi connectivity index (χ0v) is 12.4. The van der Waals surface area contributed by atoms with E-state index in [4.69, 9.17) is 33.7 Å². The number of benzene rings is 2. The van der Waals surface area contributed by atoms with E-state index >= 15 is 0 Å². The summed E-state index contributed by atoms with van der Waals surface area (Å²) in [6.45, 7) is 0. The number of ether oxygens (including phenoxy) is 1. The molecule has 3 aromatic rings. The fourth-order valence-electron chi connectivity index (χ4n) is 2.20. The van der Waals surface area contributed by atoms with Crippen LogP contribution in [0, 0.1) is 5.82 Å². The summed E-state index contributed by atoms with van der Waals surface area (Å²) in [5, 5.41) is -0.164. The Balaban J connectivity index is 2.33. The van der Waals surface area contributed by atoms with Gasteiger partial charge in [0, 0.05) is 0 Å². The average Bonchev–Trinajstić information content (AvgIpc) is 2.80. The van der Waals surface area contributed by atoms with Crippen LogP contribution in [0.5, 0.6) is 5.75 Å². The molecule has 7 heteroatoms.